The summed E-state index contributed by atoms with van der Waals surface area (Å²) in [5.74, 6) is -0.664. The van der Waals surface area contributed by atoms with E-state index in [1.807, 2.05) is 0 Å². The molecule has 0 radical (unpaired) electrons. The van der Waals surface area contributed by atoms with E-state index in [-0.39, 0.29) is 31.2 Å². The number of likely N-dealkylation sites (tertiary alicyclic amines) is 1. The highest BCUT2D eigenvalue weighted by atomic mass is 28.3. The van der Waals surface area contributed by atoms with Crippen molar-refractivity contribution in [1.29, 1.82) is 0 Å². The molecule has 8 nitrogen and oxygen atoms in total. The third-order valence-corrected chi connectivity index (χ3v) is 6.85. The first kappa shape index (κ1) is 20.3. The van der Waals surface area contributed by atoms with Crippen molar-refractivity contribution in [2.45, 2.75) is 44.6 Å². The maximum absolute atomic E-state index is 13.1. The summed E-state index contributed by atoms with van der Waals surface area (Å²) in [5, 5.41) is 0. The number of hydrogen-bond donors (Lipinski definition) is 1. The molecule has 2 N–H and O–H groups in total. The quantitative estimate of drug-likeness (QED) is 0.343. The molecule has 1 atom stereocenters. The van der Waals surface area contributed by atoms with E-state index in [4.69, 9.17) is 10.5 Å². The van der Waals surface area contributed by atoms with Crippen LogP contribution in [0.4, 0.5) is 5.69 Å². The molecule has 1 saturated heterocycles. The first-order valence-corrected chi connectivity index (χ1v) is 13.2. The maximum Gasteiger partial charge on any atom is 0.329 e. The number of nitrogens with zero attached hydrogens (tertiary/aromatic N) is 3. The number of piperidine rings is 1. The van der Waals surface area contributed by atoms with Crippen molar-refractivity contribution in [3.05, 3.63) is 28.7 Å². The summed E-state index contributed by atoms with van der Waals surface area (Å²) >= 11 is 0. The summed E-state index contributed by atoms with van der Waals surface area (Å²) in [5.41, 5.74) is 7.37. The van der Waals surface area contributed by atoms with E-state index >= 15 is 0 Å². The van der Waals surface area contributed by atoms with Gasteiger partial charge in [0.05, 0.1) is 16.7 Å². The Bertz CT molecular complexity index is 973. The van der Waals surface area contributed by atoms with Crippen molar-refractivity contribution in [3.63, 3.8) is 0 Å². The average Bonchev–Trinajstić information content (AvgIpc) is 2.86. The summed E-state index contributed by atoms with van der Waals surface area (Å²) in [6.45, 7) is 7.16. The Morgan fingerprint density at radius 1 is 1.21 bits per heavy atom. The number of ether oxygens (including phenoxy) is 1. The lowest BCUT2D eigenvalue weighted by molar-refractivity contribution is -0.157. The van der Waals surface area contributed by atoms with Gasteiger partial charge in [0.1, 0.15) is 12.8 Å². The van der Waals surface area contributed by atoms with Gasteiger partial charge in [-0.25, -0.2) is 4.79 Å². The number of aryl methyl sites for hydroxylation is 1. The second kappa shape index (κ2) is 7.55. The number of aromatic nitrogens is 2. The Balaban J connectivity index is 1.86. The summed E-state index contributed by atoms with van der Waals surface area (Å²) in [6, 6.07) is 5.46. The molecule has 1 aliphatic heterocycles. The minimum absolute atomic E-state index is 0.0691. The van der Waals surface area contributed by atoms with Crippen molar-refractivity contribution in [3.8, 4) is 0 Å². The number of anilines is 1. The Hall–Kier alpha value is -2.39. The molecule has 1 aromatic heterocycles. The number of benzene rings is 1. The zero-order valence-electron chi connectivity index (χ0n) is 16.9. The highest BCUT2D eigenvalue weighted by Gasteiger charge is 2.37. The topological polar surface area (TPSA) is 99.6 Å². The molecule has 1 unspecified atom stereocenters. The molecule has 2 heterocycles. The van der Waals surface area contributed by atoms with Crippen LogP contribution in [-0.2, 0) is 21.4 Å². The van der Waals surface area contributed by atoms with Crippen LogP contribution in [0.15, 0.2) is 23.0 Å². The van der Waals surface area contributed by atoms with Crippen molar-refractivity contribution >= 4 is 36.6 Å². The molecule has 3 rings (SSSR count). The minimum Gasteiger partial charge on any atom is -0.397 e. The van der Waals surface area contributed by atoms with Crippen LogP contribution >= 0.6 is 0 Å². The van der Waals surface area contributed by atoms with Gasteiger partial charge in [0.15, 0.2) is 0 Å². The normalized spacial score (nSPS) is 18.3. The number of carbonyl (C=O) groups excluding carboxylic acids is 2. The van der Waals surface area contributed by atoms with Crippen LogP contribution in [0, 0.1) is 0 Å². The van der Waals surface area contributed by atoms with Crippen LogP contribution < -0.4 is 11.4 Å². The fourth-order valence-electron chi connectivity index (χ4n) is 3.50. The number of fused-ring (bicyclic) bond motifs is 1. The number of imide groups is 1. The van der Waals surface area contributed by atoms with E-state index in [1.165, 1.54) is 9.13 Å². The fourth-order valence-corrected chi connectivity index (χ4v) is 4.26. The molecule has 0 bridgehead atoms. The molecule has 2 amide bonds. The van der Waals surface area contributed by atoms with Gasteiger partial charge in [-0.05, 0) is 24.6 Å². The van der Waals surface area contributed by atoms with Gasteiger partial charge in [-0.15, -0.1) is 0 Å². The first-order chi connectivity index (χ1) is 13.1. The van der Waals surface area contributed by atoms with E-state index in [0.717, 1.165) is 10.9 Å². The van der Waals surface area contributed by atoms with Crippen molar-refractivity contribution < 1.29 is 14.3 Å². The fraction of sp³-hybridized carbons (Fsp3) is 0.526. The van der Waals surface area contributed by atoms with Gasteiger partial charge in [-0.1, -0.05) is 25.7 Å². The predicted octanol–water partition coefficient (Wildman–Crippen LogP) is 1.92. The highest BCUT2D eigenvalue weighted by molar-refractivity contribution is 6.76. The number of nitrogen functional groups attached to an aromatic ring is 1. The number of carbonyl (C=O) groups is 2. The third-order valence-electron chi connectivity index (χ3n) is 5.15. The van der Waals surface area contributed by atoms with Crippen LogP contribution in [0.2, 0.25) is 25.7 Å². The number of nitrogens with two attached hydrogens (primary N) is 1. The molecule has 0 aliphatic carbocycles. The minimum atomic E-state index is -1.26. The molecule has 0 spiro atoms. The molecule has 0 saturated carbocycles. The van der Waals surface area contributed by atoms with Gasteiger partial charge >= 0.3 is 5.69 Å². The Kier molecular flexibility index (Phi) is 5.49. The molecular weight excluding hydrogens is 376 g/mol. The smallest absolute Gasteiger partial charge is 0.329 e. The second-order valence-corrected chi connectivity index (χ2v) is 14.1. The number of para-hydroxylation sites is 1. The largest absolute Gasteiger partial charge is 0.397 e. The molecule has 1 aromatic carbocycles. The van der Waals surface area contributed by atoms with Crippen LogP contribution in [0.3, 0.4) is 0 Å². The van der Waals surface area contributed by atoms with Gasteiger partial charge in [-0.3, -0.25) is 23.6 Å². The number of hydrogen-bond acceptors (Lipinski definition) is 5. The summed E-state index contributed by atoms with van der Waals surface area (Å²) in [7, 11) is 0.374. The Morgan fingerprint density at radius 2 is 1.93 bits per heavy atom. The molecule has 1 aliphatic rings. The standard InChI is InChI=1S/C19H28N4O4Si/c1-21-17-13(20)6-5-7-14(17)23(19(21)26)15-8-9-16(24)22(18(15)25)12-27-10-11-28(2,3)4/h5-7,15H,8-12,20H2,1-4H3. The molecule has 1 fully saturated rings. The van der Waals surface area contributed by atoms with E-state index < -0.39 is 20.0 Å². The van der Waals surface area contributed by atoms with E-state index in [9.17, 15) is 14.4 Å². The average molecular weight is 405 g/mol. The monoisotopic (exact) mass is 404 g/mol. The number of rotatable bonds is 6. The second-order valence-electron chi connectivity index (χ2n) is 8.49. The zero-order chi connectivity index (χ0) is 20.6. The van der Waals surface area contributed by atoms with Gasteiger partial charge in [-0.2, -0.15) is 0 Å². The van der Waals surface area contributed by atoms with Gasteiger partial charge in [0.2, 0.25) is 5.91 Å². The van der Waals surface area contributed by atoms with Crippen molar-refractivity contribution in [1.82, 2.24) is 14.0 Å². The number of amides is 2. The van der Waals surface area contributed by atoms with Gasteiger partial charge in [0.25, 0.3) is 5.91 Å². The van der Waals surface area contributed by atoms with Crippen molar-refractivity contribution in [2.75, 3.05) is 19.1 Å². The SMILES string of the molecule is Cn1c(=O)n(C2CCC(=O)N(COCC[Si](C)(C)C)C2=O)c2cccc(N)c21. The number of imidazole rings is 1. The third kappa shape index (κ3) is 3.77. The lowest BCUT2D eigenvalue weighted by Gasteiger charge is -2.31. The van der Waals surface area contributed by atoms with E-state index in [1.54, 1.807) is 25.2 Å². The molecule has 152 valence electrons. The van der Waals surface area contributed by atoms with E-state index in [2.05, 4.69) is 19.6 Å². The maximum atomic E-state index is 13.1. The highest BCUT2D eigenvalue weighted by Crippen LogP contribution is 2.28. The lowest BCUT2D eigenvalue weighted by Crippen LogP contribution is -2.48. The molecular formula is C19H28N4O4Si. The van der Waals surface area contributed by atoms with Crippen LogP contribution in [-0.4, -0.2) is 47.3 Å². The van der Waals surface area contributed by atoms with Gasteiger partial charge in [0, 0.05) is 28.1 Å². The molecule has 28 heavy (non-hydrogen) atoms. The molecule has 9 heteroatoms. The predicted molar refractivity (Wildman–Crippen MR) is 111 cm³/mol. The van der Waals surface area contributed by atoms with Crippen LogP contribution in [0.5, 0.6) is 0 Å². The zero-order valence-corrected chi connectivity index (χ0v) is 17.9. The van der Waals surface area contributed by atoms with Crippen molar-refractivity contribution in [2.24, 2.45) is 7.05 Å². The van der Waals surface area contributed by atoms with Crippen LogP contribution in [0.1, 0.15) is 18.9 Å². The summed E-state index contributed by atoms with van der Waals surface area (Å²) in [4.78, 5) is 39.3. The lowest BCUT2D eigenvalue weighted by atomic mass is 10.0. The van der Waals surface area contributed by atoms with Gasteiger partial charge < -0.3 is 10.5 Å². The molecule has 2 aromatic rings. The summed E-state index contributed by atoms with van der Waals surface area (Å²) in [6.07, 6.45) is 0.482. The Labute approximate surface area is 164 Å². The van der Waals surface area contributed by atoms with E-state index in [0.29, 0.717) is 23.3 Å². The van der Waals surface area contributed by atoms with Crippen LogP contribution in [0.25, 0.3) is 11.0 Å². The summed E-state index contributed by atoms with van der Waals surface area (Å²) < 4.78 is 8.52. The first-order valence-electron chi connectivity index (χ1n) is 9.49. The Morgan fingerprint density at radius 3 is 2.61 bits per heavy atom.